The van der Waals surface area contributed by atoms with Crippen LogP contribution in [0.15, 0.2) is 24.8 Å². The Labute approximate surface area is 163 Å². The number of anilines is 1. The van der Waals surface area contributed by atoms with Gasteiger partial charge in [-0.15, -0.1) is 23.6 Å². The summed E-state index contributed by atoms with van der Waals surface area (Å²) in [5.74, 6) is 6.43. The molecule has 0 aliphatic rings. The molecule has 0 aliphatic carbocycles. The first-order valence-corrected chi connectivity index (χ1v) is 5.50. The number of allylic oxidation sites excluding steroid dienone is 1. The van der Waals surface area contributed by atoms with Crippen LogP contribution >= 0.6 is 0 Å². The van der Waals surface area contributed by atoms with Crippen molar-refractivity contribution in [1.82, 2.24) is 0 Å². The molecule has 4 N–H and O–H groups in total. The summed E-state index contributed by atoms with van der Waals surface area (Å²) in [6.45, 7) is 6.74. The van der Waals surface area contributed by atoms with E-state index in [0.717, 1.165) is 11.6 Å². The second-order valence-corrected chi connectivity index (χ2v) is 4.16. The molecule has 102 valence electrons. The first-order chi connectivity index (χ1) is 8.84. The summed E-state index contributed by atoms with van der Waals surface area (Å²) in [5.41, 5.74) is 12.2. The van der Waals surface area contributed by atoms with Crippen LogP contribution < -0.4 is 67.6 Å². The van der Waals surface area contributed by atoms with Gasteiger partial charge in [0.1, 0.15) is 0 Å². The molecule has 0 aliphatic heterocycles. The Morgan fingerprint density at radius 1 is 1.55 bits per heavy atom. The van der Waals surface area contributed by atoms with Gasteiger partial charge in [0.25, 0.3) is 0 Å². The maximum atomic E-state index is 8.93. The zero-order chi connectivity index (χ0) is 14.9. The van der Waals surface area contributed by atoms with Gasteiger partial charge in [0.05, 0.1) is 18.4 Å². The molecule has 0 saturated heterocycles. The number of hydrogen-bond donors (Lipinski definition) is 2. The summed E-state index contributed by atoms with van der Waals surface area (Å²) in [6.07, 6.45) is 2.51. The third-order valence-corrected chi connectivity index (χ3v) is 1.77. The summed E-state index contributed by atoms with van der Waals surface area (Å²) in [5, 5.41) is 0. The third-order valence-electron chi connectivity index (χ3n) is 1.77. The number of nitrogens with two attached hydrogens (primary N) is 2. The van der Waals surface area contributed by atoms with Gasteiger partial charge < -0.3 is 21.0 Å². The monoisotopic (exact) mass is 297 g/mol. The summed E-state index contributed by atoms with van der Waals surface area (Å²) < 4.78 is 5.07. The van der Waals surface area contributed by atoms with E-state index >= 15 is 0 Å². The van der Waals surface area contributed by atoms with Crippen molar-refractivity contribution in [3.63, 3.8) is 0 Å². The predicted octanol–water partition coefficient (Wildman–Crippen LogP) is -1.55. The van der Waals surface area contributed by atoms with Crippen molar-refractivity contribution in [3.05, 3.63) is 36.4 Å². The largest absolute Gasteiger partial charge is 1.00 e. The maximum Gasteiger partial charge on any atom is 1.00 e. The van der Waals surface area contributed by atoms with E-state index in [-0.39, 0.29) is 51.4 Å². The van der Waals surface area contributed by atoms with Crippen molar-refractivity contribution < 1.29 is 60.9 Å². The van der Waals surface area contributed by atoms with Gasteiger partial charge in [0, 0.05) is 0 Å². The van der Waals surface area contributed by atoms with E-state index in [1.165, 1.54) is 6.29 Å². The number of rotatable bonds is 2. The Morgan fingerprint density at radius 3 is 2.50 bits per heavy atom. The zero-order valence-electron chi connectivity index (χ0n) is 12.4. The van der Waals surface area contributed by atoms with Crippen LogP contribution in [0.2, 0.25) is 0 Å². The fourth-order valence-corrected chi connectivity index (χ4v) is 0.960. The first kappa shape index (κ1) is 21.7. The van der Waals surface area contributed by atoms with Crippen LogP contribution in [0.4, 0.5) is 5.69 Å². The van der Waals surface area contributed by atoms with E-state index in [0.29, 0.717) is 11.4 Å². The van der Waals surface area contributed by atoms with Gasteiger partial charge in [-0.05, 0) is 25.8 Å². The van der Waals surface area contributed by atoms with Crippen molar-refractivity contribution in [2.24, 2.45) is 5.73 Å². The molecule has 1 aromatic rings. The quantitative estimate of drug-likeness (QED) is 0.228. The van der Waals surface area contributed by atoms with Crippen LogP contribution in [0.1, 0.15) is 19.4 Å². The smallest absolute Gasteiger partial charge is 0.514 e. The van der Waals surface area contributed by atoms with Crippen molar-refractivity contribution in [3.8, 4) is 17.6 Å². The molecular weight excluding hydrogens is 279 g/mol. The van der Waals surface area contributed by atoms with Crippen LogP contribution in [0, 0.1) is 17.9 Å². The van der Waals surface area contributed by atoms with Gasteiger partial charge in [-0.3, -0.25) is 0 Å². The van der Waals surface area contributed by atoms with Crippen molar-refractivity contribution in [1.29, 1.82) is 0 Å². The molecule has 1 aromatic carbocycles. The molecule has 1 rings (SSSR count). The van der Waals surface area contributed by atoms with E-state index in [4.69, 9.17) is 21.0 Å². The average Bonchev–Trinajstić information content (AvgIpc) is 2.37. The summed E-state index contributed by atoms with van der Waals surface area (Å²) in [7, 11) is 1.57. The molecule has 0 fully saturated rings. The molecule has 0 bridgehead atoms. The number of hydrogen-bond acceptors (Lipinski definition) is 4. The molecule has 20 heavy (non-hydrogen) atoms. The number of methoxy groups -OCH3 is 1. The molecule has 0 radical (unpaired) electrons. The van der Waals surface area contributed by atoms with Crippen LogP contribution in [0.25, 0.3) is 0 Å². The minimum absolute atomic E-state index is 0. The Bertz CT molecular complexity index is 491. The first-order valence-electron chi connectivity index (χ1n) is 5.50. The molecule has 0 atom stereocenters. The SMILES string of the molecule is C=C[C-]=O.COc1cc(C#CC(C)(C)N)[c-]cc1N.[K+]. The predicted molar refractivity (Wildman–Crippen MR) is 77.3 cm³/mol. The fraction of sp³-hybridized carbons (Fsp3) is 0.267. The molecule has 4 nitrogen and oxygen atoms in total. The van der Waals surface area contributed by atoms with Crippen molar-refractivity contribution in [2.45, 2.75) is 19.4 Å². The van der Waals surface area contributed by atoms with Crippen molar-refractivity contribution in [2.75, 3.05) is 12.8 Å². The van der Waals surface area contributed by atoms with E-state index in [1.807, 2.05) is 13.8 Å². The second kappa shape index (κ2) is 11.1. The molecule has 0 spiro atoms. The molecule has 0 saturated carbocycles. The molecule has 0 unspecified atom stereocenters. The molecule has 0 heterocycles. The minimum atomic E-state index is -0.511. The van der Waals surface area contributed by atoms with Gasteiger partial charge in [-0.1, -0.05) is 6.07 Å². The second-order valence-electron chi connectivity index (χ2n) is 4.16. The standard InChI is InChI=1S/C12H15N2O.C3H3O.K/c1-12(2,14)7-6-9-4-5-10(13)11(8-9)15-3;1-2-3-4;/h5,8H,13-14H2,1-3H3;2H,1H2;/q2*-1;+1. The Kier molecular flexibility index (Phi) is 12.0. The van der Waals surface area contributed by atoms with E-state index in [1.54, 1.807) is 19.2 Å². The molecular formula is C15H18KN2O2-. The normalized spacial score (nSPS) is 8.80. The molecule has 5 heteroatoms. The average molecular weight is 297 g/mol. The van der Waals surface area contributed by atoms with Gasteiger partial charge >= 0.3 is 51.4 Å². The molecule has 0 amide bonds. The third kappa shape index (κ3) is 10.2. The Balaban J connectivity index is 0. The maximum absolute atomic E-state index is 8.93. The number of carbonyl (C=O) groups excluding carboxylic acids is 1. The van der Waals surface area contributed by atoms with Gasteiger partial charge in [-0.2, -0.15) is 5.92 Å². The number of ether oxygens (including phenoxy) is 1. The van der Waals surface area contributed by atoms with Crippen LogP contribution in [0.3, 0.4) is 0 Å². The minimum Gasteiger partial charge on any atom is -0.514 e. The van der Waals surface area contributed by atoms with E-state index in [9.17, 15) is 0 Å². The fourth-order valence-electron chi connectivity index (χ4n) is 0.960. The van der Waals surface area contributed by atoms with Crippen molar-refractivity contribution >= 4 is 12.0 Å². The summed E-state index contributed by atoms with van der Waals surface area (Å²) in [4.78, 5) is 8.93. The van der Waals surface area contributed by atoms with E-state index in [2.05, 4.69) is 24.5 Å². The summed E-state index contributed by atoms with van der Waals surface area (Å²) in [6, 6.07) is 6.34. The summed E-state index contributed by atoms with van der Waals surface area (Å²) >= 11 is 0. The van der Waals surface area contributed by atoms with E-state index < -0.39 is 5.54 Å². The topological polar surface area (TPSA) is 78.3 Å². The number of benzene rings is 1. The number of nitrogen functional groups attached to an aromatic ring is 1. The van der Waals surface area contributed by atoms with Crippen LogP contribution in [0.5, 0.6) is 5.75 Å². The van der Waals surface area contributed by atoms with Crippen LogP contribution in [-0.2, 0) is 4.79 Å². The van der Waals surface area contributed by atoms with Gasteiger partial charge in [-0.25, -0.2) is 12.7 Å². The Morgan fingerprint density at radius 2 is 2.10 bits per heavy atom. The Hall–Kier alpha value is -0.614. The zero-order valence-corrected chi connectivity index (χ0v) is 15.5. The van der Waals surface area contributed by atoms with Crippen LogP contribution in [-0.4, -0.2) is 18.9 Å². The van der Waals surface area contributed by atoms with Gasteiger partial charge in [0.2, 0.25) is 0 Å². The molecule has 0 aromatic heterocycles. The van der Waals surface area contributed by atoms with Gasteiger partial charge in [0.15, 0.2) is 0 Å².